The standard InChI is InChI=1S/C15H14N4O/c16-8-10-5-6-14(12(17)7-10)20-15-11-3-1-2-4-13(11)18-9-19-15/h5-7,9H,1-4,17H2. The lowest BCUT2D eigenvalue weighted by Crippen LogP contribution is -2.08. The fourth-order valence-corrected chi connectivity index (χ4v) is 2.39. The number of benzene rings is 1. The molecule has 1 heterocycles. The van der Waals surface area contributed by atoms with Crippen molar-refractivity contribution in [2.75, 3.05) is 5.73 Å². The third-order valence-corrected chi connectivity index (χ3v) is 3.43. The van der Waals surface area contributed by atoms with E-state index in [1.54, 1.807) is 18.2 Å². The Morgan fingerprint density at radius 3 is 2.85 bits per heavy atom. The Morgan fingerprint density at radius 2 is 2.05 bits per heavy atom. The summed E-state index contributed by atoms with van der Waals surface area (Å²) in [5.74, 6) is 1.10. The summed E-state index contributed by atoms with van der Waals surface area (Å²) in [6.45, 7) is 0. The molecule has 2 N–H and O–H groups in total. The summed E-state index contributed by atoms with van der Waals surface area (Å²) < 4.78 is 5.82. The average Bonchev–Trinajstić information content (AvgIpc) is 2.49. The van der Waals surface area contributed by atoms with Crippen molar-refractivity contribution < 1.29 is 4.74 Å². The zero-order chi connectivity index (χ0) is 13.9. The topological polar surface area (TPSA) is 84.8 Å². The smallest absolute Gasteiger partial charge is 0.225 e. The molecule has 1 aromatic carbocycles. The van der Waals surface area contributed by atoms with E-state index in [9.17, 15) is 0 Å². The highest BCUT2D eigenvalue weighted by atomic mass is 16.5. The van der Waals surface area contributed by atoms with Gasteiger partial charge in [-0.25, -0.2) is 9.97 Å². The normalized spacial score (nSPS) is 13.3. The molecule has 20 heavy (non-hydrogen) atoms. The second kappa shape index (κ2) is 5.17. The summed E-state index contributed by atoms with van der Waals surface area (Å²) in [7, 11) is 0. The lowest BCUT2D eigenvalue weighted by Gasteiger charge is -2.17. The Hall–Kier alpha value is -2.61. The average molecular weight is 266 g/mol. The van der Waals surface area contributed by atoms with E-state index in [-0.39, 0.29) is 0 Å². The fourth-order valence-electron chi connectivity index (χ4n) is 2.39. The minimum atomic E-state index is 0.437. The first-order valence-corrected chi connectivity index (χ1v) is 6.58. The number of nitrogen functional groups attached to an aromatic ring is 1. The summed E-state index contributed by atoms with van der Waals surface area (Å²) in [4.78, 5) is 8.52. The Kier molecular flexibility index (Phi) is 3.21. The molecule has 0 unspecified atom stereocenters. The van der Waals surface area contributed by atoms with Gasteiger partial charge in [-0.15, -0.1) is 0 Å². The Morgan fingerprint density at radius 1 is 1.20 bits per heavy atom. The lowest BCUT2D eigenvalue weighted by atomic mass is 9.97. The van der Waals surface area contributed by atoms with Crippen molar-refractivity contribution in [2.24, 2.45) is 0 Å². The number of nitrogens with two attached hydrogens (primary N) is 1. The van der Waals surface area contributed by atoms with Crippen LogP contribution in [-0.2, 0) is 12.8 Å². The minimum absolute atomic E-state index is 0.437. The molecule has 100 valence electrons. The van der Waals surface area contributed by atoms with Crippen LogP contribution in [0, 0.1) is 11.3 Å². The third kappa shape index (κ3) is 2.28. The van der Waals surface area contributed by atoms with Crippen LogP contribution in [0.1, 0.15) is 29.7 Å². The van der Waals surface area contributed by atoms with Crippen LogP contribution in [0.25, 0.3) is 0 Å². The van der Waals surface area contributed by atoms with Gasteiger partial charge in [-0.1, -0.05) is 0 Å². The molecule has 1 aliphatic carbocycles. The predicted molar refractivity (Wildman–Crippen MR) is 74.3 cm³/mol. The number of hydrogen-bond acceptors (Lipinski definition) is 5. The van der Waals surface area contributed by atoms with Gasteiger partial charge in [0.05, 0.1) is 23.0 Å². The quantitative estimate of drug-likeness (QED) is 0.844. The Bertz CT molecular complexity index is 691. The molecule has 2 aromatic rings. The monoisotopic (exact) mass is 266 g/mol. The zero-order valence-electron chi connectivity index (χ0n) is 11.0. The van der Waals surface area contributed by atoms with Gasteiger partial charge in [0.15, 0.2) is 5.75 Å². The predicted octanol–water partition coefficient (Wildman–Crippen LogP) is 2.60. The van der Waals surface area contributed by atoms with Gasteiger partial charge in [-0.3, -0.25) is 0 Å². The maximum Gasteiger partial charge on any atom is 0.225 e. The second-order valence-corrected chi connectivity index (χ2v) is 4.78. The lowest BCUT2D eigenvalue weighted by molar-refractivity contribution is 0.449. The van der Waals surface area contributed by atoms with Gasteiger partial charge in [0, 0.05) is 5.56 Å². The highest BCUT2D eigenvalue weighted by Crippen LogP contribution is 2.32. The van der Waals surface area contributed by atoms with Crippen molar-refractivity contribution >= 4 is 5.69 Å². The number of anilines is 1. The van der Waals surface area contributed by atoms with Gasteiger partial charge in [0.1, 0.15) is 6.33 Å². The van der Waals surface area contributed by atoms with Crippen molar-refractivity contribution in [3.8, 4) is 17.7 Å². The van der Waals surface area contributed by atoms with Crippen LogP contribution in [0.15, 0.2) is 24.5 Å². The first-order chi connectivity index (χ1) is 9.78. The second-order valence-electron chi connectivity index (χ2n) is 4.78. The molecule has 0 atom stereocenters. The largest absolute Gasteiger partial charge is 0.436 e. The SMILES string of the molecule is N#Cc1ccc(Oc2ncnc3c2CCCC3)c(N)c1. The molecule has 3 rings (SSSR count). The molecular formula is C15H14N4O. The van der Waals surface area contributed by atoms with E-state index in [1.807, 2.05) is 6.07 Å². The summed E-state index contributed by atoms with van der Waals surface area (Å²) in [6, 6.07) is 7.03. The Labute approximate surface area is 117 Å². The summed E-state index contributed by atoms with van der Waals surface area (Å²) >= 11 is 0. The van der Waals surface area contributed by atoms with Gasteiger partial charge in [0.25, 0.3) is 0 Å². The van der Waals surface area contributed by atoms with Crippen LogP contribution in [-0.4, -0.2) is 9.97 Å². The van der Waals surface area contributed by atoms with Crippen molar-refractivity contribution in [3.63, 3.8) is 0 Å². The summed E-state index contributed by atoms with van der Waals surface area (Å²) in [5, 5.41) is 8.83. The molecule has 1 aliphatic rings. The van der Waals surface area contributed by atoms with Gasteiger partial charge in [0.2, 0.25) is 5.88 Å². The van der Waals surface area contributed by atoms with Gasteiger partial charge < -0.3 is 10.5 Å². The van der Waals surface area contributed by atoms with Gasteiger partial charge >= 0.3 is 0 Å². The first-order valence-electron chi connectivity index (χ1n) is 6.58. The number of aromatic nitrogens is 2. The first kappa shape index (κ1) is 12.4. The van der Waals surface area contributed by atoms with Gasteiger partial charge in [-0.2, -0.15) is 5.26 Å². The summed E-state index contributed by atoms with van der Waals surface area (Å²) in [6.07, 6.45) is 5.71. The molecule has 0 saturated heterocycles. The van der Waals surface area contributed by atoms with Crippen molar-refractivity contribution in [1.82, 2.24) is 9.97 Å². The molecule has 0 amide bonds. The van der Waals surface area contributed by atoms with Crippen molar-refractivity contribution in [2.45, 2.75) is 25.7 Å². The third-order valence-electron chi connectivity index (χ3n) is 3.43. The number of aryl methyl sites for hydroxylation is 1. The van der Waals surface area contributed by atoms with E-state index in [2.05, 4.69) is 9.97 Å². The molecule has 0 saturated carbocycles. The molecule has 0 bridgehead atoms. The number of nitriles is 1. The molecule has 0 radical (unpaired) electrons. The number of hydrogen-bond donors (Lipinski definition) is 1. The molecule has 1 aromatic heterocycles. The molecular weight excluding hydrogens is 252 g/mol. The highest BCUT2D eigenvalue weighted by Gasteiger charge is 2.17. The maximum absolute atomic E-state index is 8.83. The van der Waals surface area contributed by atoms with E-state index < -0.39 is 0 Å². The molecule has 0 aliphatic heterocycles. The number of nitrogens with zero attached hydrogens (tertiary/aromatic N) is 3. The minimum Gasteiger partial charge on any atom is -0.436 e. The van der Waals surface area contributed by atoms with Crippen molar-refractivity contribution in [1.29, 1.82) is 5.26 Å². The highest BCUT2D eigenvalue weighted by molar-refractivity contribution is 5.57. The molecule has 5 heteroatoms. The van der Waals surface area contributed by atoms with E-state index in [0.717, 1.165) is 36.9 Å². The summed E-state index contributed by atoms with van der Waals surface area (Å²) in [5.41, 5.74) is 8.99. The van der Waals surface area contributed by atoms with Crippen LogP contribution >= 0.6 is 0 Å². The fraction of sp³-hybridized carbons (Fsp3) is 0.267. The van der Waals surface area contributed by atoms with Crippen LogP contribution in [0.4, 0.5) is 5.69 Å². The van der Waals surface area contributed by atoms with Gasteiger partial charge in [-0.05, 0) is 43.9 Å². The van der Waals surface area contributed by atoms with E-state index in [0.29, 0.717) is 22.9 Å². The van der Waals surface area contributed by atoms with E-state index in [1.165, 1.54) is 6.33 Å². The van der Waals surface area contributed by atoms with Crippen LogP contribution in [0.5, 0.6) is 11.6 Å². The van der Waals surface area contributed by atoms with Crippen LogP contribution in [0.3, 0.4) is 0 Å². The van der Waals surface area contributed by atoms with E-state index >= 15 is 0 Å². The molecule has 5 nitrogen and oxygen atoms in total. The maximum atomic E-state index is 8.83. The zero-order valence-corrected chi connectivity index (χ0v) is 11.0. The van der Waals surface area contributed by atoms with Crippen LogP contribution in [0.2, 0.25) is 0 Å². The number of fused-ring (bicyclic) bond motifs is 1. The van der Waals surface area contributed by atoms with Crippen molar-refractivity contribution in [3.05, 3.63) is 41.3 Å². The number of ether oxygens (including phenoxy) is 1. The Balaban J connectivity index is 1.94. The number of rotatable bonds is 2. The molecule has 0 spiro atoms. The van der Waals surface area contributed by atoms with Crippen LogP contribution < -0.4 is 10.5 Å². The van der Waals surface area contributed by atoms with E-state index in [4.69, 9.17) is 15.7 Å². The molecule has 0 fully saturated rings.